The first-order chi connectivity index (χ1) is 13.6. The second-order valence-corrected chi connectivity index (χ2v) is 7.64. The third-order valence-electron chi connectivity index (χ3n) is 5.54. The van der Waals surface area contributed by atoms with E-state index in [9.17, 15) is 9.59 Å². The molecule has 1 N–H and O–H groups in total. The van der Waals surface area contributed by atoms with E-state index in [1.807, 2.05) is 36.4 Å². The fourth-order valence-electron chi connectivity index (χ4n) is 4.41. The van der Waals surface area contributed by atoms with Gasteiger partial charge in [-0.25, -0.2) is 0 Å². The average molecular weight is 379 g/mol. The van der Waals surface area contributed by atoms with Crippen molar-refractivity contribution in [3.63, 3.8) is 0 Å². The van der Waals surface area contributed by atoms with E-state index in [0.29, 0.717) is 6.42 Å². The van der Waals surface area contributed by atoms with E-state index in [1.165, 1.54) is 6.92 Å². The molecule has 3 heterocycles. The van der Waals surface area contributed by atoms with Gasteiger partial charge in [-0.1, -0.05) is 12.1 Å². The van der Waals surface area contributed by atoms with Crippen molar-refractivity contribution in [1.82, 2.24) is 9.88 Å². The van der Waals surface area contributed by atoms with E-state index >= 15 is 0 Å². The number of aromatic nitrogens is 1. The number of rotatable bonds is 5. The molecule has 6 heteroatoms. The number of hydrogen-bond donors (Lipinski definition) is 1. The Morgan fingerprint density at radius 1 is 1.14 bits per heavy atom. The molecule has 2 aliphatic heterocycles. The number of carbonyl (C=O) groups is 2. The van der Waals surface area contributed by atoms with Crippen molar-refractivity contribution in [1.29, 1.82) is 0 Å². The summed E-state index contributed by atoms with van der Waals surface area (Å²) in [6.07, 6.45) is 7.85. The Kier molecular flexibility index (Phi) is 5.28. The smallest absolute Gasteiger partial charge is 0.227 e. The number of hydrogen-bond acceptors (Lipinski definition) is 4. The molecular formula is C22H25N3O3. The lowest BCUT2D eigenvalue weighted by Crippen LogP contribution is -2.49. The fraction of sp³-hybridized carbons (Fsp3) is 0.409. The summed E-state index contributed by atoms with van der Waals surface area (Å²) in [5.74, 6) is 0.877. The quantitative estimate of drug-likeness (QED) is 0.866. The number of piperidine rings is 1. The monoisotopic (exact) mass is 379 g/mol. The SMILES string of the molecule is CC(=O)Nc1ccc(CC(=O)N2C3CCC2CC(Oc2cccnc2)C3)cc1. The molecule has 2 atom stereocenters. The number of anilines is 1. The highest BCUT2D eigenvalue weighted by Crippen LogP contribution is 2.37. The lowest BCUT2D eigenvalue weighted by Gasteiger charge is -2.39. The van der Waals surface area contributed by atoms with Crippen LogP contribution in [0.4, 0.5) is 5.69 Å². The number of carbonyl (C=O) groups excluding carboxylic acids is 2. The summed E-state index contributed by atoms with van der Waals surface area (Å²) >= 11 is 0. The summed E-state index contributed by atoms with van der Waals surface area (Å²) in [6, 6.07) is 11.8. The molecule has 2 aromatic rings. The Balaban J connectivity index is 1.36. The summed E-state index contributed by atoms with van der Waals surface area (Å²) < 4.78 is 6.09. The number of benzene rings is 1. The first kappa shape index (κ1) is 18.5. The van der Waals surface area contributed by atoms with Gasteiger partial charge in [0.2, 0.25) is 11.8 Å². The van der Waals surface area contributed by atoms with Crippen molar-refractivity contribution in [2.24, 2.45) is 0 Å². The highest BCUT2D eigenvalue weighted by molar-refractivity contribution is 5.88. The van der Waals surface area contributed by atoms with Crippen molar-refractivity contribution in [2.45, 2.75) is 57.2 Å². The average Bonchev–Trinajstić information content (AvgIpc) is 2.95. The number of amides is 2. The molecule has 2 fully saturated rings. The minimum absolute atomic E-state index is 0.100. The van der Waals surface area contributed by atoms with Gasteiger partial charge in [-0.2, -0.15) is 0 Å². The number of ether oxygens (including phenoxy) is 1. The standard InChI is InChI=1S/C22H25N3O3/c1-15(26)24-17-6-4-16(5-7-17)11-22(27)25-18-8-9-19(25)13-21(12-18)28-20-3-2-10-23-14-20/h2-7,10,14,18-19,21H,8-9,11-13H2,1H3,(H,24,26). The van der Waals surface area contributed by atoms with Crippen molar-refractivity contribution in [2.75, 3.05) is 5.32 Å². The van der Waals surface area contributed by atoms with Crippen LogP contribution in [-0.4, -0.2) is 39.9 Å². The summed E-state index contributed by atoms with van der Waals surface area (Å²) in [7, 11) is 0. The molecule has 2 unspecified atom stereocenters. The zero-order valence-electron chi connectivity index (χ0n) is 16.0. The van der Waals surface area contributed by atoms with Crippen LogP contribution in [0.15, 0.2) is 48.8 Å². The first-order valence-electron chi connectivity index (χ1n) is 9.83. The zero-order chi connectivity index (χ0) is 19.5. The topological polar surface area (TPSA) is 71.5 Å². The fourth-order valence-corrected chi connectivity index (χ4v) is 4.41. The van der Waals surface area contributed by atoms with Crippen molar-refractivity contribution in [3.8, 4) is 5.75 Å². The van der Waals surface area contributed by atoms with E-state index in [-0.39, 0.29) is 30.0 Å². The lowest BCUT2D eigenvalue weighted by molar-refractivity contribution is -0.136. The molecule has 0 saturated carbocycles. The van der Waals surface area contributed by atoms with Gasteiger partial charge >= 0.3 is 0 Å². The molecule has 1 aromatic carbocycles. The van der Waals surface area contributed by atoms with Gasteiger partial charge < -0.3 is 15.0 Å². The molecule has 0 spiro atoms. The van der Waals surface area contributed by atoms with Gasteiger partial charge in [-0.05, 0) is 42.7 Å². The molecule has 0 radical (unpaired) electrons. The second kappa shape index (κ2) is 8.00. The molecule has 6 nitrogen and oxygen atoms in total. The van der Waals surface area contributed by atoms with Gasteiger partial charge in [0, 0.05) is 43.7 Å². The molecule has 2 saturated heterocycles. The summed E-state index contributed by atoms with van der Waals surface area (Å²) in [4.78, 5) is 30.3. The second-order valence-electron chi connectivity index (χ2n) is 7.64. The maximum Gasteiger partial charge on any atom is 0.227 e. The third-order valence-corrected chi connectivity index (χ3v) is 5.54. The van der Waals surface area contributed by atoms with E-state index in [4.69, 9.17) is 4.74 Å². The van der Waals surface area contributed by atoms with Gasteiger partial charge in [0.05, 0.1) is 12.6 Å². The van der Waals surface area contributed by atoms with E-state index in [1.54, 1.807) is 12.4 Å². The Morgan fingerprint density at radius 2 is 1.86 bits per heavy atom. The van der Waals surface area contributed by atoms with Gasteiger partial charge in [0.1, 0.15) is 11.9 Å². The molecule has 146 valence electrons. The number of pyridine rings is 1. The maximum atomic E-state index is 13.0. The lowest BCUT2D eigenvalue weighted by atomic mass is 9.98. The molecular weight excluding hydrogens is 354 g/mol. The van der Waals surface area contributed by atoms with Crippen LogP contribution in [0.5, 0.6) is 5.75 Å². The Bertz CT molecular complexity index is 824. The molecule has 2 bridgehead atoms. The van der Waals surface area contributed by atoms with E-state index in [0.717, 1.165) is 42.7 Å². The van der Waals surface area contributed by atoms with Crippen LogP contribution in [-0.2, 0) is 16.0 Å². The van der Waals surface area contributed by atoms with Gasteiger partial charge in [0.25, 0.3) is 0 Å². The summed E-state index contributed by atoms with van der Waals surface area (Å²) in [6.45, 7) is 1.48. The highest BCUT2D eigenvalue weighted by atomic mass is 16.5. The van der Waals surface area contributed by atoms with E-state index in [2.05, 4.69) is 15.2 Å². The molecule has 2 aliphatic rings. The van der Waals surface area contributed by atoms with Crippen LogP contribution in [0.2, 0.25) is 0 Å². The predicted octanol–water partition coefficient (Wildman–Crippen LogP) is 3.18. The first-order valence-corrected chi connectivity index (χ1v) is 9.83. The number of nitrogens with zero attached hydrogens (tertiary/aromatic N) is 2. The Hall–Kier alpha value is -2.89. The minimum atomic E-state index is -0.100. The molecule has 2 amide bonds. The summed E-state index contributed by atoms with van der Waals surface area (Å²) in [5, 5.41) is 2.74. The van der Waals surface area contributed by atoms with E-state index < -0.39 is 0 Å². The Morgan fingerprint density at radius 3 is 2.46 bits per heavy atom. The van der Waals surface area contributed by atoms with Crippen LogP contribution in [0.3, 0.4) is 0 Å². The summed E-state index contributed by atoms with van der Waals surface area (Å²) in [5.41, 5.74) is 1.71. The highest BCUT2D eigenvalue weighted by Gasteiger charge is 2.43. The van der Waals surface area contributed by atoms with Crippen LogP contribution in [0.1, 0.15) is 38.2 Å². The maximum absolute atomic E-state index is 13.0. The van der Waals surface area contributed by atoms with Crippen LogP contribution in [0, 0.1) is 0 Å². The van der Waals surface area contributed by atoms with Crippen molar-refractivity contribution >= 4 is 17.5 Å². The molecule has 1 aromatic heterocycles. The number of nitrogens with one attached hydrogen (secondary N) is 1. The van der Waals surface area contributed by atoms with Gasteiger partial charge in [-0.15, -0.1) is 0 Å². The van der Waals surface area contributed by atoms with Crippen molar-refractivity contribution < 1.29 is 14.3 Å². The van der Waals surface area contributed by atoms with Crippen molar-refractivity contribution in [3.05, 3.63) is 54.4 Å². The Labute approximate surface area is 164 Å². The van der Waals surface area contributed by atoms with Gasteiger partial charge in [0.15, 0.2) is 0 Å². The minimum Gasteiger partial charge on any atom is -0.489 e. The van der Waals surface area contributed by atoms with Crippen LogP contribution < -0.4 is 10.1 Å². The normalized spacial score (nSPS) is 23.3. The molecule has 0 aliphatic carbocycles. The van der Waals surface area contributed by atoms with Crippen LogP contribution >= 0.6 is 0 Å². The molecule has 28 heavy (non-hydrogen) atoms. The third kappa shape index (κ3) is 4.16. The van der Waals surface area contributed by atoms with Gasteiger partial charge in [-0.3, -0.25) is 14.6 Å². The molecule has 4 rings (SSSR count). The predicted molar refractivity (Wildman–Crippen MR) is 106 cm³/mol. The van der Waals surface area contributed by atoms with Crippen LogP contribution in [0.25, 0.3) is 0 Å². The number of fused-ring (bicyclic) bond motifs is 2. The zero-order valence-corrected chi connectivity index (χ0v) is 16.0. The largest absolute Gasteiger partial charge is 0.489 e.